The zero-order valence-electron chi connectivity index (χ0n) is 20.8. The normalized spacial score (nSPS) is 18.7. The largest absolute Gasteiger partial charge is 0.390 e. The van der Waals surface area contributed by atoms with Crippen LogP contribution in [0.15, 0.2) is 79.1 Å². The van der Waals surface area contributed by atoms with E-state index in [0.29, 0.717) is 11.6 Å². The van der Waals surface area contributed by atoms with Gasteiger partial charge in [-0.2, -0.15) is 0 Å². The number of rotatable bonds is 7. The van der Waals surface area contributed by atoms with E-state index in [1.54, 1.807) is 28.9 Å². The number of carbonyl (C=O) groups excluding carboxylic acids is 1. The molecular formula is C30H26N4O2S2. The molecule has 38 heavy (non-hydrogen) atoms. The van der Waals surface area contributed by atoms with Gasteiger partial charge in [0.05, 0.1) is 27.5 Å². The summed E-state index contributed by atoms with van der Waals surface area (Å²) in [6.45, 7) is 1.90. The Hall–Kier alpha value is -3.72. The van der Waals surface area contributed by atoms with Crippen LogP contribution in [0.3, 0.4) is 0 Å². The molecule has 8 heteroatoms. The van der Waals surface area contributed by atoms with E-state index >= 15 is 0 Å². The van der Waals surface area contributed by atoms with E-state index in [9.17, 15) is 9.90 Å². The lowest BCUT2D eigenvalue weighted by Gasteiger charge is -2.41. The summed E-state index contributed by atoms with van der Waals surface area (Å²) in [7, 11) is 0. The van der Waals surface area contributed by atoms with E-state index < -0.39 is 11.5 Å². The molecule has 5 aromatic rings. The number of nitrogens with two attached hydrogens (primary N) is 1. The molecule has 1 amide bonds. The molecule has 1 aliphatic rings. The van der Waals surface area contributed by atoms with Gasteiger partial charge in [0.1, 0.15) is 10.0 Å². The maximum atomic E-state index is 11.2. The van der Waals surface area contributed by atoms with Gasteiger partial charge in [-0.15, -0.1) is 22.7 Å². The van der Waals surface area contributed by atoms with Crippen LogP contribution in [-0.4, -0.2) is 31.6 Å². The van der Waals surface area contributed by atoms with E-state index in [-0.39, 0.29) is 6.42 Å². The second-order valence-corrected chi connectivity index (χ2v) is 12.0. The maximum Gasteiger partial charge on any atom is 0.223 e. The van der Waals surface area contributed by atoms with Crippen molar-refractivity contribution in [3.05, 3.63) is 90.4 Å². The molecule has 0 saturated heterocycles. The zero-order chi connectivity index (χ0) is 26.3. The van der Waals surface area contributed by atoms with Gasteiger partial charge in [-0.05, 0) is 48.9 Å². The van der Waals surface area contributed by atoms with E-state index in [4.69, 9.17) is 10.7 Å². The van der Waals surface area contributed by atoms with Crippen molar-refractivity contribution in [1.29, 1.82) is 0 Å². The Morgan fingerprint density at radius 3 is 2.32 bits per heavy atom. The number of carbonyl (C=O) groups is 1. The minimum atomic E-state index is -0.539. The Morgan fingerprint density at radius 1 is 0.921 bits per heavy atom. The zero-order valence-corrected chi connectivity index (χ0v) is 22.4. The second kappa shape index (κ2) is 9.87. The topological polar surface area (TPSA) is 102 Å². The quantitative estimate of drug-likeness (QED) is 0.252. The minimum absolute atomic E-state index is 0.121. The smallest absolute Gasteiger partial charge is 0.223 e. The van der Waals surface area contributed by atoms with Gasteiger partial charge in [0.2, 0.25) is 5.91 Å². The van der Waals surface area contributed by atoms with Crippen molar-refractivity contribution in [1.82, 2.24) is 15.0 Å². The fourth-order valence-electron chi connectivity index (χ4n) is 4.90. The van der Waals surface area contributed by atoms with Gasteiger partial charge in [-0.25, -0.2) is 9.97 Å². The molecular weight excluding hydrogens is 512 g/mol. The summed E-state index contributed by atoms with van der Waals surface area (Å²) in [6.07, 6.45) is 5.32. The van der Waals surface area contributed by atoms with Gasteiger partial charge in [-0.3, -0.25) is 9.78 Å². The van der Waals surface area contributed by atoms with Crippen molar-refractivity contribution < 1.29 is 9.90 Å². The molecule has 3 aromatic heterocycles. The molecule has 0 unspecified atom stereocenters. The molecule has 6 nitrogen and oxygen atoms in total. The number of amides is 1. The lowest BCUT2D eigenvalue weighted by Crippen LogP contribution is -2.39. The van der Waals surface area contributed by atoms with Crippen molar-refractivity contribution in [2.24, 2.45) is 5.73 Å². The van der Waals surface area contributed by atoms with Crippen molar-refractivity contribution >= 4 is 28.6 Å². The lowest BCUT2D eigenvalue weighted by atomic mass is 9.69. The number of nitrogens with zero attached hydrogens (tertiary/aromatic N) is 3. The minimum Gasteiger partial charge on any atom is -0.390 e. The van der Waals surface area contributed by atoms with Gasteiger partial charge < -0.3 is 10.8 Å². The van der Waals surface area contributed by atoms with Crippen LogP contribution in [-0.2, 0) is 11.2 Å². The highest BCUT2D eigenvalue weighted by molar-refractivity contribution is 7.25. The van der Waals surface area contributed by atoms with Crippen molar-refractivity contribution in [3.63, 3.8) is 0 Å². The van der Waals surface area contributed by atoms with Gasteiger partial charge in [0, 0.05) is 29.2 Å². The van der Waals surface area contributed by atoms with Gasteiger partial charge in [0.25, 0.3) is 0 Å². The Balaban J connectivity index is 1.32. The van der Waals surface area contributed by atoms with Crippen LogP contribution >= 0.6 is 22.7 Å². The van der Waals surface area contributed by atoms with E-state index in [2.05, 4.69) is 46.4 Å². The standard InChI is InChI=1S/C30H26N4O2S2/c1-30(36)14-22(15-30)18-7-9-19(10-8-18)26-27(20-5-3-2-4-6-20)38-29(34-26)24-17-33-28(37-24)21-11-12-23(32-16-21)13-25(31)35/h2-12,16-17,22,36H,13-15H2,1H3,(H2,31,35). The van der Waals surface area contributed by atoms with Crippen LogP contribution in [0.4, 0.5) is 0 Å². The Kier molecular flexibility index (Phi) is 6.39. The number of thiazole rings is 2. The van der Waals surface area contributed by atoms with Gasteiger partial charge >= 0.3 is 0 Å². The van der Waals surface area contributed by atoms with Crippen LogP contribution in [0.2, 0.25) is 0 Å². The summed E-state index contributed by atoms with van der Waals surface area (Å²) in [5.41, 5.74) is 10.7. The van der Waals surface area contributed by atoms with Gasteiger partial charge in [0.15, 0.2) is 0 Å². The first-order chi connectivity index (χ1) is 18.3. The number of primary amides is 1. The van der Waals surface area contributed by atoms with Crippen LogP contribution in [0.5, 0.6) is 0 Å². The number of aromatic nitrogens is 3. The molecule has 1 fully saturated rings. The fraction of sp³-hybridized carbons (Fsp3) is 0.200. The number of hydrogen-bond acceptors (Lipinski definition) is 7. The van der Waals surface area contributed by atoms with Crippen LogP contribution in [0.25, 0.3) is 42.2 Å². The number of benzene rings is 2. The van der Waals surface area contributed by atoms with Crippen molar-refractivity contribution in [2.75, 3.05) is 0 Å². The predicted octanol–water partition coefficient (Wildman–Crippen LogP) is 6.32. The Bertz CT molecular complexity index is 1580. The second-order valence-electron chi connectivity index (χ2n) is 10.00. The lowest BCUT2D eigenvalue weighted by molar-refractivity contribution is -0.117. The molecule has 3 heterocycles. The van der Waals surface area contributed by atoms with Crippen molar-refractivity contribution in [2.45, 2.75) is 37.7 Å². The summed E-state index contributed by atoms with van der Waals surface area (Å²) in [5, 5.41) is 11.9. The maximum absolute atomic E-state index is 11.2. The highest BCUT2D eigenvalue weighted by Gasteiger charge is 2.38. The number of aliphatic hydroxyl groups is 1. The fourth-order valence-corrected chi connectivity index (χ4v) is 6.94. The highest BCUT2D eigenvalue weighted by Crippen LogP contribution is 2.46. The molecule has 0 atom stereocenters. The third-order valence-corrected chi connectivity index (χ3v) is 9.15. The molecule has 190 valence electrons. The Morgan fingerprint density at radius 2 is 1.66 bits per heavy atom. The summed E-state index contributed by atoms with van der Waals surface area (Å²) in [4.78, 5) is 27.3. The number of hydrogen-bond donors (Lipinski definition) is 2. The first kappa shape index (κ1) is 24.6. The molecule has 1 saturated carbocycles. The third-order valence-electron chi connectivity index (χ3n) is 6.83. The van der Waals surface area contributed by atoms with Gasteiger partial charge in [-0.1, -0.05) is 54.6 Å². The summed E-state index contributed by atoms with van der Waals surface area (Å²) in [5.74, 6) is 0.00927. The monoisotopic (exact) mass is 538 g/mol. The average Bonchev–Trinajstić information content (AvgIpc) is 3.56. The first-order valence-electron chi connectivity index (χ1n) is 12.4. The van der Waals surface area contributed by atoms with E-state index in [1.165, 1.54) is 5.56 Å². The molecule has 2 aromatic carbocycles. The van der Waals surface area contributed by atoms with Crippen molar-refractivity contribution in [3.8, 4) is 42.2 Å². The molecule has 3 N–H and O–H groups in total. The SMILES string of the molecule is CC1(O)CC(c2ccc(-c3nc(-c4cnc(-c5ccc(CC(N)=O)nc5)s4)sc3-c3ccccc3)cc2)C1. The molecule has 6 rings (SSSR count). The molecule has 0 spiro atoms. The summed E-state index contributed by atoms with van der Waals surface area (Å²) < 4.78 is 0. The molecule has 0 radical (unpaired) electrons. The molecule has 1 aliphatic carbocycles. The molecule has 0 aliphatic heterocycles. The summed E-state index contributed by atoms with van der Waals surface area (Å²) in [6, 6.07) is 22.7. The van der Waals surface area contributed by atoms with Crippen LogP contribution in [0, 0.1) is 0 Å². The number of pyridine rings is 1. The highest BCUT2D eigenvalue weighted by atomic mass is 32.1. The average molecular weight is 539 g/mol. The third kappa shape index (κ3) is 5.03. The Labute approximate surface area is 228 Å². The van der Waals surface area contributed by atoms with Crippen LogP contribution < -0.4 is 5.73 Å². The summed E-state index contributed by atoms with van der Waals surface area (Å²) >= 11 is 3.23. The van der Waals surface area contributed by atoms with E-state index in [1.807, 2.05) is 43.5 Å². The molecule has 0 bridgehead atoms. The van der Waals surface area contributed by atoms with E-state index in [0.717, 1.165) is 55.0 Å². The predicted molar refractivity (Wildman–Crippen MR) is 153 cm³/mol. The first-order valence-corrected chi connectivity index (χ1v) is 14.1. The van der Waals surface area contributed by atoms with Crippen LogP contribution in [0.1, 0.15) is 36.9 Å².